The molecule has 1 aromatic carbocycles. The maximum atomic E-state index is 12.4. The summed E-state index contributed by atoms with van der Waals surface area (Å²) in [6.45, 7) is 6.31. The largest absolute Gasteiger partial charge is 0.389 e. The van der Waals surface area contributed by atoms with Crippen molar-refractivity contribution in [2.24, 2.45) is 0 Å². The number of carbonyl (C=O) groups is 1. The van der Waals surface area contributed by atoms with Crippen LogP contribution < -0.4 is 10.0 Å². The van der Waals surface area contributed by atoms with Crippen LogP contribution in [0.4, 0.5) is 5.69 Å². The average molecular weight is 312 g/mol. The molecule has 3 N–H and O–H groups in total. The molecular formula is C14H20N2O4S. The molecule has 0 saturated carbocycles. The van der Waals surface area contributed by atoms with Gasteiger partial charge in [-0.15, -0.1) is 0 Å². The molecule has 0 aromatic heterocycles. The van der Waals surface area contributed by atoms with Crippen molar-refractivity contribution in [3.8, 4) is 0 Å². The molecular weight excluding hydrogens is 292 g/mol. The number of rotatable bonds is 4. The summed E-state index contributed by atoms with van der Waals surface area (Å²) in [5.74, 6) is -0.149. The summed E-state index contributed by atoms with van der Waals surface area (Å²) in [6, 6.07) is 4.50. The van der Waals surface area contributed by atoms with E-state index in [1.807, 2.05) is 0 Å². The number of fused-ring (bicyclic) bond motifs is 1. The van der Waals surface area contributed by atoms with E-state index in [0.717, 1.165) is 0 Å². The van der Waals surface area contributed by atoms with Gasteiger partial charge in [-0.25, -0.2) is 13.1 Å². The second-order valence-corrected chi connectivity index (χ2v) is 8.02. The van der Waals surface area contributed by atoms with Gasteiger partial charge in [0.15, 0.2) is 0 Å². The Morgan fingerprint density at radius 2 is 1.86 bits per heavy atom. The van der Waals surface area contributed by atoms with Gasteiger partial charge in [-0.1, -0.05) is 0 Å². The molecule has 7 heteroatoms. The summed E-state index contributed by atoms with van der Waals surface area (Å²) in [6.07, 6.45) is 0.174. The first-order valence-corrected chi connectivity index (χ1v) is 8.10. The van der Waals surface area contributed by atoms with Crippen LogP contribution in [-0.4, -0.2) is 30.6 Å². The Morgan fingerprint density at radius 1 is 1.24 bits per heavy atom. The zero-order valence-electron chi connectivity index (χ0n) is 12.5. The summed E-state index contributed by atoms with van der Waals surface area (Å²) < 4.78 is 27.4. The van der Waals surface area contributed by atoms with Crippen molar-refractivity contribution in [1.82, 2.24) is 4.72 Å². The molecule has 0 bridgehead atoms. The van der Waals surface area contributed by atoms with Crippen LogP contribution in [0.15, 0.2) is 23.1 Å². The normalized spacial score (nSPS) is 15.8. The van der Waals surface area contributed by atoms with E-state index in [9.17, 15) is 18.3 Å². The number of sulfonamides is 1. The fourth-order valence-corrected chi connectivity index (χ4v) is 3.48. The molecule has 1 amide bonds. The molecule has 0 atom stereocenters. The van der Waals surface area contributed by atoms with Gasteiger partial charge in [-0.2, -0.15) is 0 Å². The van der Waals surface area contributed by atoms with Gasteiger partial charge in [0.25, 0.3) is 0 Å². The van der Waals surface area contributed by atoms with Crippen molar-refractivity contribution >= 4 is 21.6 Å². The van der Waals surface area contributed by atoms with Gasteiger partial charge in [0.05, 0.1) is 22.5 Å². The predicted octanol–water partition coefficient (Wildman–Crippen LogP) is 1.01. The zero-order chi connectivity index (χ0) is 16.1. The molecule has 6 nitrogen and oxygen atoms in total. The van der Waals surface area contributed by atoms with E-state index in [1.54, 1.807) is 33.8 Å². The van der Waals surface area contributed by atoms with Crippen LogP contribution in [0.5, 0.6) is 0 Å². The molecule has 0 spiro atoms. The third-order valence-electron chi connectivity index (χ3n) is 3.93. The first-order valence-electron chi connectivity index (χ1n) is 6.61. The highest BCUT2D eigenvalue weighted by Crippen LogP contribution is 2.28. The Hall–Kier alpha value is -1.44. The van der Waals surface area contributed by atoms with E-state index in [2.05, 4.69) is 10.0 Å². The highest BCUT2D eigenvalue weighted by molar-refractivity contribution is 7.89. The third kappa shape index (κ3) is 3.09. The molecule has 2 rings (SSSR count). The van der Waals surface area contributed by atoms with Gasteiger partial charge in [-0.05, 0) is 51.5 Å². The SMILES string of the molecule is CC(C)(O)C(C)(C)NS(=O)(=O)c1ccc2c(c1)CC(=O)N2. The Labute approximate surface area is 124 Å². The lowest BCUT2D eigenvalue weighted by Crippen LogP contribution is -2.57. The number of anilines is 1. The van der Waals surface area contributed by atoms with Crippen LogP contribution in [0.3, 0.4) is 0 Å². The molecule has 0 unspecified atom stereocenters. The minimum absolute atomic E-state index is 0.0788. The fraction of sp³-hybridized carbons (Fsp3) is 0.500. The maximum absolute atomic E-state index is 12.4. The third-order valence-corrected chi connectivity index (χ3v) is 5.58. The first kappa shape index (κ1) is 15.9. The van der Waals surface area contributed by atoms with Crippen LogP contribution >= 0.6 is 0 Å². The molecule has 1 aliphatic heterocycles. The fourth-order valence-electron chi connectivity index (χ4n) is 1.89. The van der Waals surface area contributed by atoms with Crippen LogP contribution in [0.2, 0.25) is 0 Å². The minimum Gasteiger partial charge on any atom is -0.389 e. The van der Waals surface area contributed by atoms with Crippen molar-refractivity contribution in [2.75, 3.05) is 5.32 Å². The smallest absolute Gasteiger partial charge is 0.241 e. The van der Waals surface area contributed by atoms with Gasteiger partial charge < -0.3 is 10.4 Å². The molecule has 1 aromatic rings. The first-order chi connectivity index (χ1) is 9.42. The standard InChI is InChI=1S/C14H20N2O4S/c1-13(2,14(3,4)18)16-21(19,20)10-5-6-11-9(7-10)8-12(17)15-11/h5-7,16,18H,8H2,1-4H3,(H,15,17). The van der Waals surface area contributed by atoms with Gasteiger partial charge in [0.1, 0.15) is 0 Å². The van der Waals surface area contributed by atoms with Crippen molar-refractivity contribution in [3.05, 3.63) is 23.8 Å². The number of carbonyl (C=O) groups excluding carboxylic acids is 1. The predicted molar refractivity (Wildman–Crippen MR) is 79.5 cm³/mol. The van der Waals surface area contributed by atoms with E-state index in [1.165, 1.54) is 12.1 Å². The molecule has 1 aliphatic rings. The topological polar surface area (TPSA) is 95.5 Å². The van der Waals surface area contributed by atoms with Crippen molar-refractivity contribution in [2.45, 2.75) is 50.2 Å². The molecule has 1 heterocycles. The quantitative estimate of drug-likeness (QED) is 0.773. The Morgan fingerprint density at radius 3 is 2.43 bits per heavy atom. The summed E-state index contributed by atoms with van der Waals surface area (Å²) in [5.41, 5.74) is -0.975. The summed E-state index contributed by atoms with van der Waals surface area (Å²) >= 11 is 0. The monoisotopic (exact) mass is 312 g/mol. The second kappa shape index (κ2) is 4.79. The molecule has 116 valence electrons. The number of nitrogens with one attached hydrogen (secondary N) is 2. The van der Waals surface area contributed by atoms with Gasteiger partial charge in [0.2, 0.25) is 15.9 Å². The van der Waals surface area contributed by atoms with Gasteiger partial charge >= 0.3 is 0 Å². The number of amides is 1. The Balaban J connectivity index is 2.34. The summed E-state index contributed by atoms with van der Waals surface area (Å²) in [7, 11) is -3.79. The molecule has 0 saturated heterocycles. The van der Waals surface area contributed by atoms with E-state index in [4.69, 9.17) is 0 Å². The van der Waals surface area contributed by atoms with Crippen LogP contribution in [0, 0.1) is 0 Å². The highest BCUT2D eigenvalue weighted by atomic mass is 32.2. The minimum atomic E-state index is -3.79. The van der Waals surface area contributed by atoms with E-state index in [-0.39, 0.29) is 17.2 Å². The number of hydrogen-bond acceptors (Lipinski definition) is 4. The van der Waals surface area contributed by atoms with Crippen LogP contribution in [-0.2, 0) is 21.2 Å². The summed E-state index contributed by atoms with van der Waals surface area (Å²) in [5, 5.41) is 12.7. The van der Waals surface area contributed by atoms with Gasteiger partial charge in [0, 0.05) is 5.69 Å². The lowest BCUT2D eigenvalue weighted by molar-refractivity contribution is -0.115. The molecule has 21 heavy (non-hydrogen) atoms. The summed E-state index contributed by atoms with van der Waals surface area (Å²) in [4.78, 5) is 11.4. The van der Waals surface area contributed by atoms with Crippen molar-refractivity contribution < 1.29 is 18.3 Å². The number of hydrogen-bond donors (Lipinski definition) is 3. The Bertz CT molecular complexity index is 687. The molecule has 0 aliphatic carbocycles. The molecule has 0 fully saturated rings. The molecule has 0 radical (unpaired) electrons. The Kier molecular flexibility index (Phi) is 3.64. The van der Waals surface area contributed by atoms with E-state index in [0.29, 0.717) is 11.3 Å². The maximum Gasteiger partial charge on any atom is 0.241 e. The lowest BCUT2D eigenvalue weighted by Gasteiger charge is -2.37. The number of aliphatic hydroxyl groups is 1. The van der Waals surface area contributed by atoms with E-state index >= 15 is 0 Å². The average Bonchev–Trinajstić information content (AvgIpc) is 2.64. The van der Waals surface area contributed by atoms with Gasteiger partial charge in [-0.3, -0.25) is 4.79 Å². The van der Waals surface area contributed by atoms with Crippen LogP contribution in [0.25, 0.3) is 0 Å². The van der Waals surface area contributed by atoms with Crippen LogP contribution in [0.1, 0.15) is 33.3 Å². The zero-order valence-corrected chi connectivity index (χ0v) is 13.3. The van der Waals surface area contributed by atoms with E-state index < -0.39 is 21.2 Å². The van der Waals surface area contributed by atoms with Crippen molar-refractivity contribution in [3.63, 3.8) is 0 Å². The second-order valence-electron chi connectivity index (χ2n) is 6.33. The number of benzene rings is 1. The van der Waals surface area contributed by atoms with Crippen molar-refractivity contribution in [1.29, 1.82) is 0 Å². The highest BCUT2D eigenvalue weighted by Gasteiger charge is 2.39. The lowest BCUT2D eigenvalue weighted by atomic mass is 9.87.